The summed E-state index contributed by atoms with van der Waals surface area (Å²) in [5, 5.41) is 0.416. The van der Waals surface area contributed by atoms with E-state index in [0.717, 1.165) is 5.56 Å². The van der Waals surface area contributed by atoms with Gasteiger partial charge in [-0.1, -0.05) is 11.6 Å². The molecule has 0 spiro atoms. The van der Waals surface area contributed by atoms with E-state index in [-0.39, 0.29) is 0 Å². The Hall–Kier alpha value is -1.61. The second-order valence-electron chi connectivity index (χ2n) is 3.06. The second-order valence-corrected chi connectivity index (χ2v) is 3.45. The van der Waals surface area contributed by atoms with Gasteiger partial charge in [-0.25, -0.2) is 4.98 Å². The topological polar surface area (TPSA) is 35.0 Å². The van der Waals surface area contributed by atoms with Gasteiger partial charge in [0.25, 0.3) is 0 Å². The number of rotatable bonds is 2. The Kier molecular flexibility index (Phi) is 2.83. The number of nitrogens with zero attached hydrogens (tertiary/aromatic N) is 2. The Morgan fingerprint density at radius 2 is 2.20 bits per heavy atom. The van der Waals surface area contributed by atoms with Crippen LogP contribution in [-0.4, -0.2) is 9.97 Å². The van der Waals surface area contributed by atoms with Crippen LogP contribution in [0, 0.1) is 6.92 Å². The van der Waals surface area contributed by atoms with Gasteiger partial charge in [0, 0.05) is 24.0 Å². The van der Waals surface area contributed by atoms with Crippen molar-refractivity contribution < 1.29 is 4.74 Å². The summed E-state index contributed by atoms with van der Waals surface area (Å²) in [6.07, 6.45) is 5.01. The van der Waals surface area contributed by atoms with Crippen molar-refractivity contribution in [3.8, 4) is 11.5 Å². The van der Waals surface area contributed by atoms with Crippen molar-refractivity contribution in [2.75, 3.05) is 0 Å². The molecule has 0 aliphatic heterocycles. The average Bonchev–Trinajstić information content (AvgIpc) is 2.25. The maximum Gasteiger partial charge on any atom is 0.145 e. The molecule has 0 fully saturated rings. The summed E-state index contributed by atoms with van der Waals surface area (Å²) in [5.74, 6) is 1.38. The SMILES string of the molecule is Cc1cnc(Cl)cc1Oc1cccnc1. The van der Waals surface area contributed by atoms with E-state index in [1.165, 1.54) is 0 Å². The fourth-order valence-electron chi connectivity index (χ4n) is 1.13. The summed E-state index contributed by atoms with van der Waals surface area (Å²) in [4.78, 5) is 7.91. The number of hydrogen-bond donors (Lipinski definition) is 0. The highest BCUT2D eigenvalue weighted by Gasteiger charge is 2.02. The van der Waals surface area contributed by atoms with Crippen molar-refractivity contribution in [1.29, 1.82) is 0 Å². The molecule has 0 aliphatic carbocycles. The van der Waals surface area contributed by atoms with Crippen molar-refractivity contribution in [2.45, 2.75) is 6.92 Å². The first-order valence-electron chi connectivity index (χ1n) is 4.46. The number of halogens is 1. The van der Waals surface area contributed by atoms with Crippen LogP contribution in [0.4, 0.5) is 0 Å². The minimum Gasteiger partial charge on any atom is -0.455 e. The quantitative estimate of drug-likeness (QED) is 0.729. The van der Waals surface area contributed by atoms with Crippen LogP contribution in [0.3, 0.4) is 0 Å². The lowest BCUT2D eigenvalue weighted by Gasteiger charge is -2.07. The van der Waals surface area contributed by atoms with E-state index >= 15 is 0 Å². The highest BCUT2D eigenvalue weighted by Crippen LogP contribution is 2.25. The molecule has 0 unspecified atom stereocenters. The summed E-state index contributed by atoms with van der Waals surface area (Å²) in [7, 11) is 0. The fraction of sp³-hybridized carbons (Fsp3) is 0.0909. The number of aryl methyl sites for hydroxylation is 1. The van der Waals surface area contributed by atoms with Gasteiger partial charge in [-0.05, 0) is 19.1 Å². The zero-order chi connectivity index (χ0) is 10.7. The number of ether oxygens (including phenoxy) is 1. The third-order valence-electron chi connectivity index (χ3n) is 1.88. The minimum atomic E-state index is 0.416. The maximum atomic E-state index is 5.78. The van der Waals surface area contributed by atoms with Gasteiger partial charge >= 0.3 is 0 Å². The summed E-state index contributed by atoms with van der Waals surface area (Å²) in [5.41, 5.74) is 0.934. The van der Waals surface area contributed by atoms with Gasteiger partial charge in [0.1, 0.15) is 16.7 Å². The Morgan fingerprint density at radius 3 is 2.93 bits per heavy atom. The van der Waals surface area contributed by atoms with Crippen LogP contribution < -0.4 is 4.74 Å². The molecule has 0 aromatic carbocycles. The van der Waals surface area contributed by atoms with Crippen LogP contribution in [0.15, 0.2) is 36.8 Å². The molecule has 0 radical (unpaired) electrons. The average molecular weight is 221 g/mol. The predicted molar refractivity (Wildman–Crippen MR) is 58.3 cm³/mol. The number of pyridine rings is 2. The molecular formula is C11H9ClN2O. The van der Waals surface area contributed by atoms with E-state index in [1.54, 1.807) is 24.7 Å². The first kappa shape index (κ1) is 9.93. The monoisotopic (exact) mass is 220 g/mol. The molecule has 15 heavy (non-hydrogen) atoms. The maximum absolute atomic E-state index is 5.78. The molecule has 0 N–H and O–H groups in total. The molecule has 76 valence electrons. The number of aromatic nitrogens is 2. The molecular weight excluding hydrogens is 212 g/mol. The zero-order valence-electron chi connectivity index (χ0n) is 8.14. The zero-order valence-corrected chi connectivity index (χ0v) is 8.90. The minimum absolute atomic E-state index is 0.416. The van der Waals surface area contributed by atoms with Crippen molar-refractivity contribution >= 4 is 11.6 Å². The Labute approximate surface area is 92.7 Å². The van der Waals surface area contributed by atoms with Crippen LogP contribution >= 0.6 is 11.6 Å². The molecule has 4 heteroatoms. The molecule has 3 nitrogen and oxygen atoms in total. The van der Waals surface area contributed by atoms with E-state index in [0.29, 0.717) is 16.7 Å². The normalized spacial score (nSPS) is 10.0. The summed E-state index contributed by atoms with van der Waals surface area (Å²) >= 11 is 5.78. The van der Waals surface area contributed by atoms with Crippen LogP contribution in [0.1, 0.15) is 5.56 Å². The van der Waals surface area contributed by atoms with Crippen LogP contribution in [-0.2, 0) is 0 Å². The first-order chi connectivity index (χ1) is 7.25. The van der Waals surface area contributed by atoms with E-state index in [9.17, 15) is 0 Å². The summed E-state index contributed by atoms with van der Waals surface area (Å²) in [6, 6.07) is 5.33. The second kappa shape index (κ2) is 4.28. The molecule has 2 aromatic heterocycles. The molecule has 0 saturated heterocycles. The Balaban J connectivity index is 2.28. The van der Waals surface area contributed by atoms with Gasteiger partial charge in [-0.15, -0.1) is 0 Å². The third-order valence-corrected chi connectivity index (χ3v) is 2.09. The van der Waals surface area contributed by atoms with Crippen LogP contribution in [0.2, 0.25) is 5.15 Å². The van der Waals surface area contributed by atoms with Crippen molar-refractivity contribution in [3.05, 3.63) is 47.5 Å². The number of hydrogen-bond acceptors (Lipinski definition) is 3. The van der Waals surface area contributed by atoms with Gasteiger partial charge < -0.3 is 4.74 Å². The van der Waals surface area contributed by atoms with Gasteiger partial charge in [0.2, 0.25) is 0 Å². The van der Waals surface area contributed by atoms with Crippen molar-refractivity contribution in [1.82, 2.24) is 9.97 Å². The summed E-state index contributed by atoms with van der Waals surface area (Å²) < 4.78 is 5.60. The fourth-order valence-corrected chi connectivity index (χ4v) is 1.27. The Bertz CT molecular complexity index is 459. The van der Waals surface area contributed by atoms with Gasteiger partial charge in [-0.2, -0.15) is 0 Å². The van der Waals surface area contributed by atoms with E-state index in [1.807, 2.05) is 19.1 Å². The lowest BCUT2D eigenvalue weighted by atomic mass is 10.3. The highest BCUT2D eigenvalue weighted by atomic mass is 35.5. The van der Waals surface area contributed by atoms with Gasteiger partial charge in [0.05, 0.1) is 6.20 Å². The van der Waals surface area contributed by atoms with E-state index in [4.69, 9.17) is 16.3 Å². The smallest absolute Gasteiger partial charge is 0.145 e. The molecule has 0 aliphatic rings. The van der Waals surface area contributed by atoms with Crippen LogP contribution in [0.25, 0.3) is 0 Å². The third kappa shape index (κ3) is 2.44. The Morgan fingerprint density at radius 1 is 1.33 bits per heavy atom. The molecule has 0 amide bonds. The molecule has 0 saturated carbocycles. The highest BCUT2D eigenvalue weighted by molar-refractivity contribution is 6.29. The molecule has 2 rings (SSSR count). The largest absolute Gasteiger partial charge is 0.455 e. The lowest BCUT2D eigenvalue weighted by molar-refractivity contribution is 0.476. The standard InChI is InChI=1S/C11H9ClN2O/c1-8-6-14-11(12)5-10(8)15-9-3-2-4-13-7-9/h2-7H,1H3. The van der Waals surface area contributed by atoms with Crippen LogP contribution in [0.5, 0.6) is 11.5 Å². The first-order valence-corrected chi connectivity index (χ1v) is 4.83. The molecule has 0 atom stereocenters. The molecule has 2 aromatic rings. The molecule has 2 heterocycles. The van der Waals surface area contributed by atoms with Gasteiger partial charge in [0.15, 0.2) is 0 Å². The predicted octanol–water partition coefficient (Wildman–Crippen LogP) is 3.23. The van der Waals surface area contributed by atoms with E-state index < -0.39 is 0 Å². The van der Waals surface area contributed by atoms with Crippen molar-refractivity contribution in [2.24, 2.45) is 0 Å². The van der Waals surface area contributed by atoms with Gasteiger partial charge in [-0.3, -0.25) is 4.98 Å². The molecule has 0 bridgehead atoms. The lowest BCUT2D eigenvalue weighted by Crippen LogP contribution is -1.89. The summed E-state index contributed by atoms with van der Waals surface area (Å²) in [6.45, 7) is 1.91. The van der Waals surface area contributed by atoms with E-state index in [2.05, 4.69) is 9.97 Å². The van der Waals surface area contributed by atoms with Crippen molar-refractivity contribution in [3.63, 3.8) is 0 Å².